The fraction of sp³-hybridized carbons (Fsp3) is 0.643. The Bertz CT molecular complexity index is 479. The third-order valence-corrected chi connectivity index (χ3v) is 4.58. The highest BCUT2D eigenvalue weighted by Crippen LogP contribution is 2.48. The second-order valence-electron chi connectivity index (χ2n) is 5.70. The molecule has 94 valence electrons. The zero-order valence-corrected chi connectivity index (χ0v) is 10.7. The van der Waals surface area contributed by atoms with E-state index in [0.29, 0.717) is 5.56 Å². The summed E-state index contributed by atoms with van der Waals surface area (Å²) in [5.41, 5.74) is 0.621. The van der Waals surface area contributed by atoms with Gasteiger partial charge in [0.15, 0.2) is 5.82 Å². The number of anilines is 1. The Labute approximate surface area is 108 Å². The largest absolute Gasteiger partial charge is 0.357 e. The Morgan fingerprint density at radius 2 is 2.33 bits per heavy atom. The van der Waals surface area contributed by atoms with Crippen molar-refractivity contribution in [2.45, 2.75) is 25.7 Å². The van der Waals surface area contributed by atoms with Gasteiger partial charge in [0.25, 0.3) is 0 Å². The second kappa shape index (κ2) is 4.56. The number of rotatable bonds is 3. The van der Waals surface area contributed by atoms with Crippen LogP contribution >= 0.6 is 0 Å². The first-order valence-electron chi connectivity index (χ1n) is 6.71. The van der Waals surface area contributed by atoms with Crippen molar-refractivity contribution in [3.8, 4) is 6.07 Å². The molecule has 18 heavy (non-hydrogen) atoms. The van der Waals surface area contributed by atoms with Crippen molar-refractivity contribution in [1.82, 2.24) is 10.2 Å². The van der Waals surface area contributed by atoms with Crippen molar-refractivity contribution in [3.05, 3.63) is 17.8 Å². The molecule has 3 atom stereocenters. The summed E-state index contributed by atoms with van der Waals surface area (Å²) >= 11 is 0. The number of aromatic nitrogens is 2. The first-order chi connectivity index (χ1) is 8.78. The molecule has 0 spiro atoms. The molecule has 2 saturated carbocycles. The minimum Gasteiger partial charge on any atom is -0.357 e. The van der Waals surface area contributed by atoms with Crippen LogP contribution in [0.3, 0.4) is 0 Å². The molecule has 2 bridgehead atoms. The minimum absolute atomic E-state index is 0.621. The lowest BCUT2D eigenvalue weighted by molar-refractivity contribution is 0.337. The summed E-state index contributed by atoms with van der Waals surface area (Å²) in [5.74, 6) is 3.37. The van der Waals surface area contributed by atoms with Crippen molar-refractivity contribution in [3.63, 3.8) is 0 Å². The lowest BCUT2D eigenvalue weighted by Gasteiger charge is -2.27. The third-order valence-electron chi connectivity index (χ3n) is 4.58. The van der Waals surface area contributed by atoms with Crippen molar-refractivity contribution in [2.24, 2.45) is 17.8 Å². The van der Waals surface area contributed by atoms with Gasteiger partial charge in [0.05, 0.1) is 11.8 Å². The molecule has 4 nitrogen and oxygen atoms in total. The van der Waals surface area contributed by atoms with Gasteiger partial charge in [0.2, 0.25) is 0 Å². The van der Waals surface area contributed by atoms with Crippen LogP contribution in [0.2, 0.25) is 0 Å². The van der Waals surface area contributed by atoms with Gasteiger partial charge < -0.3 is 4.90 Å². The van der Waals surface area contributed by atoms with E-state index in [-0.39, 0.29) is 0 Å². The maximum Gasteiger partial charge on any atom is 0.168 e. The Morgan fingerprint density at radius 1 is 1.44 bits per heavy atom. The van der Waals surface area contributed by atoms with Crippen LogP contribution in [0.15, 0.2) is 12.3 Å². The minimum atomic E-state index is 0.621. The summed E-state index contributed by atoms with van der Waals surface area (Å²) in [4.78, 5) is 2.11. The quantitative estimate of drug-likeness (QED) is 0.815. The average Bonchev–Trinajstić information content (AvgIpc) is 3.01. The Hall–Kier alpha value is -1.63. The maximum atomic E-state index is 9.09. The highest BCUT2D eigenvalue weighted by atomic mass is 15.2. The molecule has 2 aliphatic carbocycles. The Morgan fingerprint density at radius 3 is 3.00 bits per heavy atom. The van der Waals surface area contributed by atoms with Crippen molar-refractivity contribution in [1.29, 1.82) is 5.26 Å². The fourth-order valence-corrected chi connectivity index (χ4v) is 3.73. The first kappa shape index (κ1) is 11.5. The van der Waals surface area contributed by atoms with Crippen LogP contribution in [-0.4, -0.2) is 23.8 Å². The molecule has 1 heterocycles. The van der Waals surface area contributed by atoms with Crippen molar-refractivity contribution >= 4 is 5.82 Å². The van der Waals surface area contributed by atoms with E-state index >= 15 is 0 Å². The molecule has 0 radical (unpaired) electrons. The summed E-state index contributed by atoms with van der Waals surface area (Å²) in [6.45, 7) is 1.01. The summed E-state index contributed by atoms with van der Waals surface area (Å²) in [7, 11) is 2.02. The van der Waals surface area contributed by atoms with Gasteiger partial charge in [0.1, 0.15) is 6.07 Å². The van der Waals surface area contributed by atoms with E-state index in [4.69, 9.17) is 5.26 Å². The molecule has 1 aromatic heterocycles. The predicted molar refractivity (Wildman–Crippen MR) is 69.0 cm³/mol. The van der Waals surface area contributed by atoms with E-state index in [9.17, 15) is 0 Å². The van der Waals surface area contributed by atoms with Crippen LogP contribution in [0.25, 0.3) is 0 Å². The summed E-state index contributed by atoms with van der Waals surface area (Å²) in [6.07, 6.45) is 7.18. The van der Waals surface area contributed by atoms with E-state index in [0.717, 1.165) is 30.1 Å². The molecule has 2 aliphatic rings. The number of hydrogen-bond donors (Lipinski definition) is 0. The normalized spacial score (nSPS) is 29.2. The molecule has 0 saturated heterocycles. The van der Waals surface area contributed by atoms with Crippen LogP contribution in [0.1, 0.15) is 31.2 Å². The zero-order valence-electron chi connectivity index (χ0n) is 10.7. The van der Waals surface area contributed by atoms with Crippen molar-refractivity contribution in [2.75, 3.05) is 18.5 Å². The smallest absolute Gasteiger partial charge is 0.168 e. The molecule has 0 amide bonds. The van der Waals surface area contributed by atoms with Gasteiger partial charge in [-0.2, -0.15) is 10.4 Å². The molecule has 3 rings (SSSR count). The molecular weight excluding hydrogens is 224 g/mol. The van der Waals surface area contributed by atoms with Gasteiger partial charge in [-0.3, -0.25) is 0 Å². The predicted octanol–water partition coefficient (Wildman–Crippen LogP) is 2.22. The van der Waals surface area contributed by atoms with Gasteiger partial charge in [0, 0.05) is 13.6 Å². The van der Waals surface area contributed by atoms with Crippen molar-refractivity contribution < 1.29 is 0 Å². The first-order valence-corrected chi connectivity index (χ1v) is 6.71. The molecule has 1 aromatic rings. The lowest BCUT2D eigenvalue weighted by atomic mass is 9.88. The van der Waals surface area contributed by atoms with E-state index in [1.54, 1.807) is 12.3 Å². The number of nitriles is 1. The van der Waals surface area contributed by atoms with Crippen LogP contribution in [0, 0.1) is 29.1 Å². The molecule has 0 aliphatic heterocycles. The average molecular weight is 242 g/mol. The summed E-state index contributed by atoms with van der Waals surface area (Å²) in [5, 5.41) is 17.1. The molecule has 0 aromatic carbocycles. The highest BCUT2D eigenvalue weighted by Gasteiger charge is 2.39. The van der Waals surface area contributed by atoms with Gasteiger partial charge >= 0.3 is 0 Å². The van der Waals surface area contributed by atoms with E-state index in [1.807, 2.05) is 7.05 Å². The van der Waals surface area contributed by atoms with Gasteiger partial charge in [-0.15, -0.1) is 5.10 Å². The summed E-state index contributed by atoms with van der Waals surface area (Å²) in [6, 6.07) is 3.93. The van der Waals surface area contributed by atoms with Gasteiger partial charge in [-0.25, -0.2) is 0 Å². The topological polar surface area (TPSA) is 52.8 Å². The van der Waals surface area contributed by atoms with E-state index in [1.165, 1.54) is 25.7 Å². The van der Waals surface area contributed by atoms with Crippen LogP contribution in [0.4, 0.5) is 5.82 Å². The maximum absolute atomic E-state index is 9.09. The number of hydrogen-bond acceptors (Lipinski definition) is 4. The monoisotopic (exact) mass is 242 g/mol. The molecule has 2 fully saturated rings. The third kappa shape index (κ3) is 1.94. The van der Waals surface area contributed by atoms with Crippen LogP contribution in [0.5, 0.6) is 0 Å². The second-order valence-corrected chi connectivity index (χ2v) is 5.70. The summed E-state index contributed by atoms with van der Waals surface area (Å²) < 4.78 is 0. The van der Waals surface area contributed by atoms with Crippen LogP contribution < -0.4 is 4.90 Å². The zero-order chi connectivity index (χ0) is 12.5. The molecule has 3 unspecified atom stereocenters. The van der Waals surface area contributed by atoms with E-state index in [2.05, 4.69) is 21.2 Å². The lowest BCUT2D eigenvalue weighted by Crippen LogP contribution is -2.29. The SMILES string of the molecule is CN(CC1CC2CCC1C2)c1nnccc1C#N. The molecule has 0 N–H and O–H groups in total. The van der Waals surface area contributed by atoms with Gasteiger partial charge in [-0.05, 0) is 43.1 Å². The number of nitrogens with zero attached hydrogens (tertiary/aromatic N) is 4. The van der Waals surface area contributed by atoms with Crippen LogP contribution in [-0.2, 0) is 0 Å². The standard InChI is InChI=1S/C14H18N4/c1-18(14-12(8-15)4-5-16-17-14)9-13-7-10-2-3-11(13)6-10/h4-5,10-11,13H,2-3,6-7,9H2,1H3. The Kier molecular flexibility index (Phi) is 2.91. The Balaban J connectivity index is 1.71. The van der Waals surface area contributed by atoms with Gasteiger partial charge in [-0.1, -0.05) is 6.42 Å². The highest BCUT2D eigenvalue weighted by molar-refractivity contribution is 5.51. The van der Waals surface area contributed by atoms with E-state index < -0.39 is 0 Å². The molecular formula is C14H18N4. The molecule has 4 heteroatoms. The fourth-order valence-electron chi connectivity index (χ4n) is 3.73. The number of fused-ring (bicyclic) bond motifs is 2.